The van der Waals surface area contributed by atoms with Crippen LogP contribution in [-0.4, -0.2) is 78.9 Å². The van der Waals surface area contributed by atoms with E-state index in [0.717, 1.165) is 63.2 Å². The van der Waals surface area contributed by atoms with Gasteiger partial charge in [0.15, 0.2) is 0 Å². The Morgan fingerprint density at radius 1 is 0.800 bits per heavy atom. The number of hydrogen-bond donors (Lipinski definition) is 0. The Bertz CT molecular complexity index is 1130. The second-order valence-corrected chi connectivity index (χ2v) is 9.63. The molecule has 2 aliphatic heterocycles. The van der Waals surface area contributed by atoms with Gasteiger partial charge in [0.1, 0.15) is 23.0 Å². The van der Waals surface area contributed by atoms with Crippen molar-refractivity contribution in [3.8, 4) is 0 Å². The van der Waals surface area contributed by atoms with Crippen molar-refractivity contribution < 1.29 is 9.18 Å². The molecule has 2 aromatic carbocycles. The predicted octanol–water partition coefficient (Wildman–Crippen LogP) is 3.38. The minimum atomic E-state index is -0.187. The lowest BCUT2D eigenvalue weighted by atomic mass is 10.2. The Morgan fingerprint density at radius 3 is 2.20 bits per heavy atom. The fourth-order valence-electron chi connectivity index (χ4n) is 4.55. The molecular formula is C26H29FN6OS. The lowest BCUT2D eigenvalue weighted by molar-refractivity contribution is -0.128. The fraction of sp³-hybridized carbons (Fsp3) is 0.346. The van der Waals surface area contributed by atoms with E-state index < -0.39 is 0 Å². The molecular weight excluding hydrogens is 463 g/mol. The SMILES string of the molecule is O=C(CSc1cc(N2CCN(c3ccccc3F)CC2)ncn1)N1CCN(c2ccccc2)CC1. The molecule has 5 rings (SSSR count). The van der Waals surface area contributed by atoms with Gasteiger partial charge in [-0.3, -0.25) is 4.79 Å². The molecule has 0 saturated carbocycles. The Kier molecular flexibility index (Phi) is 7.32. The lowest BCUT2D eigenvalue weighted by Gasteiger charge is -2.36. The van der Waals surface area contributed by atoms with Gasteiger partial charge < -0.3 is 19.6 Å². The zero-order valence-electron chi connectivity index (χ0n) is 19.6. The van der Waals surface area contributed by atoms with Crippen LogP contribution >= 0.6 is 11.8 Å². The molecule has 0 radical (unpaired) electrons. The van der Waals surface area contributed by atoms with Crippen LogP contribution in [0.1, 0.15) is 0 Å². The molecule has 1 aromatic heterocycles. The topological polar surface area (TPSA) is 55.8 Å². The molecule has 0 bridgehead atoms. The highest BCUT2D eigenvalue weighted by Crippen LogP contribution is 2.24. The number of thioether (sulfide) groups is 1. The number of amides is 1. The van der Waals surface area contributed by atoms with Gasteiger partial charge in [-0.2, -0.15) is 0 Å². The number of benzene rings is 2. The van der Waals surface area contributed by atoms with Gasteiger partial charge in [0.2, 0.25) is 5.91 Å². The fourth-order valence-corrected chi connectivity index (χ4v) is 5.31. The maximum atomic E-state index is 14.1. The van der Waals surface area contributed by atoms with Crippen LogP contribution in [-0.2, 0) is 4.79 Å². The second-order valence-electron chi connectivity index (χ2n) is 8.63. The van der Waals surface area contributed by atoms with Crippen molar-refractivity contribution >= 4 is 34.9 Å². The summed E-state index contributed by atoms with van der Waals surface area (Å²) in [5.41, 5.74) is 1.85. The van der Waals surface area contributed by atoms with Crippen molar-refractivity contribution in [3.05, 3.63) is 72.8 Å². The third-order valence-corrected chi connectivity index (χ3v) is 7.43. The van der Waals surface area contributed by atoms with Crippen molar-refractivity contribution in [3.63, 3.8) is 0 Å². The standard InChI is InChI=1S/C26H29FN6OS/c27-22-8-4-5-9-23(22)31-12-14-32(15-13-31)24-18-25(29-20-28-24)35-19-26(34)33-16-10-30(11-17-33)21-6-2-1-3-7-21/h1-9,18,20H,10-17,19H2. The molecule has 3 aromatic rings. The monoisotopic (exact) mass is 492 g/mol. The van der Waals surface area contributed by atoms with E-state index in [2.05, 4.69) is 36.8 Å². The van der Waals surface area contributed by atoms with E-state index in [1.54, 1.807) is 12.4 Å². The average Bonchev–Trinajstić information content (AvgIpc) is 2.93. The van der Waals surface area contributed by atoms with Gasteiger partial charge in [-0.05, 0) is 24.3 Å². The first-order valence-electron chi connectivity index (χ1n) is 11.9. The molecule has 2 aliphatic rings. The zero-order chi connectivity index (χ0) is 24.0. The summed E-state index contributed by atoms with van der Waals surface area (Å²) in [6, 6.07) is 19.2. The number of halogens is 1. The van der Waals surface area contributed by atoms with Crippen LogP contribution in [0.25, 0.3) is 0 Å². The number of piperazine rings is 2. The molecule has 2 fully saturated rings. The largest absolute Gasteiger partial charge is 0.368 e. The van der Waals surface area contributed by atoms with Crippen LogP contribution in [0, 0.1) is 5.82 Å². The minimum Gasteiger partial charge on any atom is -0.368 e. The molecule has 2 saturated heterocycles. The van der Waals surface area contributed by atoms with Crippen LogP contribution < -0.4 is 14.7 Å². The quantitative estimate of drug-likeness (QED) is 0.386. The number of rotatable bonds is 6. The summed E-state index contributed by atoms with van der Waals surface area (Å²) in [6.45, 7) is 6.10. The van der Waals surface area contributed by atoms with Crippen LogP contribution in [0.3, 0.4) is 0 Å². The molecule has 0 unspecified atom stereocenters. The van der Waals surface area contributed by atoms with E-state index in [1.807, 2.05) is 41.3 Å². The highest BCUT2D eigenvalue weighted by atomic mass is 32.2. The Labute approximate surface area is 209 Å². The van der Waals surface area contributed by atoms with Gasteiger partial charge >= 0.3 is 0 Å². The van der Waals surface area contributed by atoms with Crippen molar-refractivity contribution in [1.29, 1.82) is 0 Å². The normalized spacial score (nSPS) is 16.5. The number of para-hydroxylation sites is 2. The van der Waals surface area contributed by atoms with Crippen molar-refractivity contribution in [2.75, 3.05) is 72.8 Å². The molecule has 9 heteroatoms. The van der Waals surface area contributed by atoms with Crippen LogP contribution in [0.5, 0.6) is 0 Å². The highest BCUT2D eigenvalue weighted by molar-refractivity contribution is 7.99. The second kappa shape index (κ2) is 10.9. The number of nitrogens with zero attached hydrogens (tertiary/aromatic N) is 6. The smallest absolute Gasteiger partial charge is 0.233 e. The Hall–Kier alpha value is -3.33. The van der Waals surface area contributed by atoms with E-state index in [1.165, 1.54) is 23.5 Å². The van der Waals surface area contributed by atoms with Crippen LogP contribution in [0.2, 0.25) is 0 Å². The molecule has 182 valence electrons. The molecule has 3 heterocycles. The summed E-state index contributed by atoms with van der Waals surface area (Å²) in [5.74, 6) is 1.16. The molecule has 0 N–H and O–H groups in total. The van der Waals surface area contributed by atoms with Crippen molar-refractivity contribution in [2.24, 2.45) is 0 Å². The van der Waals surface area contributed by atoms with Crippen molar-refractivity contribution in [1.82, 2.24) is 14.9 Å². The van der Waals surface area contributed by atoms with Gasteiger partial charge in [-0.1, -0.05) is 42.1 Å². The first kappa shape index (κ1) is 23.4. The van der Waals surface area contributed by atoms with E-state index in [9.17, 15) is 9.18 Å². The van der Waals surface area contributed by atoms with Gasteiger partial charge in [0, 0.05) is 64.1 Å². The number of carbonyl (C=O) groups excluding carboxylic acids is 1. The molecule has 0 atom stereocenters. The minimum absolute atomic E-state index is 0.140. The summed E-state index contributed by atoms with van der Waals surface area (Å²) in [4.78, 5) is 30.1. The summed E-state index contributed by atoms with van der Waals surface area (Å²) < 4.78 is 14.1. The first-order valence-corrected chi connectivity index (χ1v) is 12.9. The average molecular weight is 493 g/mol. The molecule has 35 heavy (non-hydrogen) atoms. The maximum absolute atomic E-state index is 14.1. The summed E-state index contributed by atoms with van der Waals surface area (Å²) in [7, 11) is 0. The van der Waals surface area contributed by atoms with E-state index in [0.29, 0.717) is 11.4 Å². The van der Waals surface area contributed by atoms with Gasteiger partial charge in [0.05, 0.1) is 11.4 Å². The summed E-state index contributed by atoms with van der Waals surface area (Å²) in [6.07, 6.45) is 1.56. The van der Waals surface area contributed by atoms with E-state index >= 15 is 0 Å². The summed E-state index contributed by atoms with van der Waals surface area (Å²) in [5, 5.41) is 0.794. The zero-order valence-corrected chi connectivity index (χ0v) is 20.4. The molecule has 0 spiro atoms. The lowest BCUT2D eigenvalue weighted by Crippen LogP contribution is -2.49. The highest BCUT2D eigenvalue weighted by Gasteiger charge is 2.23. The number of carbonyl (C=O) groups is 1. The molecule has 7 nitrogen and oxygen atoms in total. The predicted molar refractivity (Wildman–Crippen MR) is 139 cm³/mol. The van der Waals surface area contributed by atoms with Crippen molar-refractivity contribution in [2.45, 2.75) is 5.03 Å². The summed E-state index contributed by atoms with van der Waals surface area (Å²) >= 11 is 1.45. The Balaban J connectivity index is 1.11. The van der Waals surface area contributed by atoms with E-state index in [4.69, 9.17) is 0 Å². The molecule has 1 amide bonds. The maximum Gasteiger partial charge on any atom is 0.233 e. The van der Waals surface area contributed by atoms with Gasteiger partial charge in [-0.25, -0.2) is 14.4 Å². The van der Waals surface area contributed by atoms with Gasteiger partial charge in [0.25, 0.3) is 0 Å². The van der Waals surface area contributed by atoms with E-state index in [-0.39, 0.29) is 11.7 Å². The number of anilines is 3. The number of aromatic nitrogens is 2. The van der Waals surface area contributed by atoms with Crippen LogP contribution in [0.15, 0.2) is 72.0 Å². The number of hydrogen-bond acceptors (Lipinski definition) is 7. The first-order chi connectivity index (χ1) is 17.2. The Morgan fingerprint density at radius 2 is 1.46 bits per heavy atom. The van der Waals surface area contributed by atoms with Crippen LogP contribution in [0.4, 0.5) is 21.6 Å². The third-order valence-electron chi connectivity index (χ3n) is 6.52. The molecule has 0 aliphatic carbocycles. The van der Waals surface area contributed by atoms with Gasteiger partial charge in [-0.15, -0.1) is 0 Å². The third kappa shape index (κ3) is 5.67.